The van der Waals surface area contributed by atoms with E-state index in [1.54, 1.807) is 7.11 Å². The van der Waals surface area contributed by atoms with Crippen LogP contribution in [0.3, 0.4) is 0 Å². The highest BCUT2D eigenvalue weighted by atomic mass is 16.5. The quantitative estimate of drug-likeness (QED) is 0.777. The van der Waals surface area contributed by atoms with Gasteiger partial charge in [-0.3, -0.25) is 0 Å². The number of methoxy groups -OCH3 is 1. The summed E-state index contributed by atoms with van der Waals surface area (Å²) < 4.78 is 12.0. The molecule has 2 heterocycles. The monoisotopic (exact) mass is 264 g/mol. The molecule has 0 radical (unpaired) electrons. The fourth-order valence-electron chi connectivity index (χ4n) is 6.02. The van der Waals surface area contributed by atoms with Gasteiger partial charge in [0.05, 0.1) is 24.4 Å². The molecule has 19 heavy (non-hydrogen) atoms. The topological polar surface area (TPSA) is 38.7 Å². The Labute approximate surface area is 115 Å². The number of hydrogen-bond acceptors (Lipinski definition) is 3. The van der Waals surface area contributed by atoms with E-state index in [2.05, 4.69) is 26.0 Å². The van der Waals surface area contributed by atoms with Gasteiger partial charge >= 0.3 is 0 Å². The van der Waals surface area contributed by atoms with Crippen LogP contribution in [0.15, 0.2) is 12.2 Å². The van der Waals surface area contributed by atoms with Crippen molar-refractivity contribution in [2.75, 3.05) is 13.7 Å². The van der Waals surface area contributed by atoms with Crippen LogP contribution in [0.25, 0.3) is 0 Å². The van der Waals surface area contributed by atoms with Crippen LogP contribution in [-0.2, 0) is 9.47 Å². The minimum Gasteiger partial charge on any atom is -0.396 e. The summed E-state index contributed by atoms with van der Waals surface area (Å²) in [5, 5.41) is 10.0. The molecule has 1 N–H and O–H groups in total. The van der Waals surface area contributed by atoms with Gasteiger partial charge < -0.3 is 14.6 Å². The van der Waals surface area contributed by atoms with Crippen LogP contribution in [0.1, 0.15) is 33.1 Å². The van der Waals surface area contributed by atoms with Crippen molar-refractivity contribution in [3.63, 3.8) is 0 Å². The summed E-state index contributed by atoms with van der Waals surface area (Å²) in [7, 11) is 1.74. The molecule has 2 saturated heterocycles. The second-order valence-corrected chi connectivity index (χ2v) is 7.67. The molecule has 5 rings (SSSR count). The van der Waals surface area contributed by atoms with E-state index in [4.69, 9.17) is 9.47 Å². The third-order valence-corrected chi connectivity index (χ3v) is 6.66. The molecule has 0 aromatic heterocycles. The summed E-state index contributed by atoms with van der Waals surface area (Å²) >= 11 is 0. The van der Waals surface area contributed by atoms with Gasteiger partial charge in [0, 0.05) is 18.4 Å². The molecule has 106 valence electrons. The lowest BCUT2D eigenvalue weighted by atomic mass is 9.52. The lowest BCUT2D eigenvalue weighted by molar-refractivity contribution is -0.190. The Kier molecular flexibility index (Phi) is 2.24. The first-order valence-corrected chi connectivity index (χ1v) is 7.48. The van der Waals surface area contributed by atoms with Crippen molar-refractivity contribution in [2.24, 2.45) is 22.7 Å². The number of rotatable bonds is 2. The van der Waals surface area contributed by atoms with Crippen molar-refractivity contribution in [1.29, 1.82) is 0 Å². The van der Waals surface area contributed by atoms with Crippen LogP contribution in [0.5, 0.6) is 0 Å². The maximum absolute atomic E-state index is 10.0. The first-order chi connectivity index (χ1) is 8.97. The van der Waals surface area contributed by atoms with E-state index in [0.717, 1.165) is 6.42 Å². The minimum atomic E-state index is -0.217. The molecule has 7 atom stereocenters. The predicted octanol–water partition coefficient (Wildman–Crippen LogP) is 2.14. The zero-order chi connectivity index (χ0) is 13.5. The normalized spacial score (nSPS) is 61.7. The third kappa shape index (κ3) is 1.25. The van der Waals surface area contributed by atoms with E-state index in [-0.39, 0.29) is 29.1 Å². The van der Waals surface area contributed by atoms with E-state index in [9.17, 15) is 5.11 Å². The fraction of sp³-hybridized carbons (Fsp3) is 0.875. The summed E-state index contributed by atoms with van der Waals surface area (Å²) in [5.41, 5.74) is 0.111. The van der Waals surface area contributed by atoms with E-state index < -0.39 is 0 Å². The summed E-state index contributed by atoms with van der Waals surface area (Å²) in [4.78, 5) is 0. The molecule has 4 fully saturated rings. The van der Waals surface area contributed by atoms with E-state index in [1.807, 2.05) is 0 Å². The molecule has 1 spiro atoms. The minimum absolute atomic E-state index is 0.000677. The van der Waals surface area contributed by atoms with Crippen molar-refractivity contribution < 1.29 is 14.6 Å². The Bertz CT molecular complexity index is 447. The molecule has 0 unspecified atom stereocenters. The van der Waals surface area contributed by atoms with Gasteiger partial charge in [-0.2, -0.15) is 0 Å². The van der Waals surface area contributed by atoms with Crippen LogP contribution in [0.2, 0.25) is 0 Å². The Hall–Kier alpha value is -0.380. The lowest BCUT2D eigenvalue weighted by Gasteiger charge is -2.57. The van der Waals surface area contributed by atoms with Crippen molar-refractivity contribution in [1.82, 2.24) is 0 Å². The van der Waals surface area contributed by atoms with Crippen molar-refractivity contribution >= 4 is 0 Å². The van der Waals surface area contributed by atoms with Gasteiger partial charge in [-0.25, -0.2) is 0 Å². The Balaban J connectivity index is 1.84. The average molecular weight is 264 g/mol. The highest BCUT2D eigenvalue weighted by molar-refractivity contribution is 5.29. The molecule has 3 heteroatoms. The number of ether oxygens (including phenoxy) is 2. The summed E-state index contributed by atoms with van der Waals surface area (Å²) in [6.45, 7) is 4.63. The number of hydrogen-bond donors (Lipinski definition) is 1. The second kappa shape index (κ2) is 3.44. The second-order valence-electron chi connectivity index (χ2n) is 7.67. The molecule has 4 bridgehead atoms. The zero-order valence-corrected chi connectivity index (χ0v) is 12.1. The molecular formula is C16H24O3. The summed E-state index contributed by atoms with van der Waals surface area (Å²) in [6.07, 6.45) is 8.42. The molecular weight excluding hydrogens is 240 g/mol. The van der Waals surface area contributed by atoms with E-state index in [1.165, 1.54) is 12.8 Å². The average Bonchev–Trinajstić information content (AvgIpc) is 2.72. The molecule has 3 nitrogen and oxygen atoms in total. The van der Waals surface area contributed by atoms with Crippen LogP contribution < -0.4 is 0 Å². The third-order valence-electron chi connectivity index (χ3n) is 6.66. The van der Waals surface area contributed by atoms with Gasteiger partial charge in [0.25, 0.3) is 0 Å². The van der Waals surface area contributed by atoms with Gasteiger partial charge in [0.15, 0.2) is 0 Å². The number of allylic oxidation sites excluding steroid dienone is 1. The van der Waals surface area contributed by atoms with E-state index in [0.29, 0.717) is 17.9 Å². The first kappa shape index (κ1) is 12.4. The van der Waals surface area contributed by atoms with Gasteiger partial charge in [-0.15, -0.1) is 0 Å². The maximum atomic E-state index is 10.0. The largest absolute Gasteiger partial charge is 0.396 e. The van der Waals surface area contributed by atoms with Crippen molar-refractivity contribution in [3.8, 4) is 0 Å². The van der Waals surface area contributed by atoms with Crippen LogP contribution >= 0.6 is 0 Å². The van der Waals surface area contributed by atoms with Crippen LogP contribution in [-0.4, -0.2) is 36.6 Å². The van der Waals surface area contributed by atoms with Gasteiger partial charge in [-0.1, -0.05) is 19.1 Å². The Morgan fingerprint density at radius 2 is 2.21 bits per heavy atom. The van der Waals surface area contributed by atoms with Crippen LogP contribution in [0, 0.1) is 22.7 Å². The van der Waals surface area contributed by atoms with Crippen molar-refractivity contribution in [3.05, 3.63) is 12.2 Å². The highest BCUT2D eigenvalue weighted by Gasteiger charge is 2.71. The molecule has 0 aromatic rings. The van der Waals surface area contributed by atoms with Crippen molar-refractivity contribution in [2.45, 2.75) is 50.9 Å². The summed E-state index contributed by atoms with van der Waals surface area (Å²) in [5.74, 6) is 1.10. The molecule has 5 aliphatic rings. The maximum Gasteiger partial charge on any atom is 0.0831 e. The molecule has 2 saturated carbocycles. The fourth-order valence-corrected chi connectivity index (χ4v) is 6.02. The molecule has 0 amide bonds. The van der Waals surface area contributed by atoms with Gasteiger partial charge in [0.1, 0.15) is 0 Å². The van der Waals surface area contributed by atoms with E-state index >= 15 is 0 Å². The Morgan fingerprint density at radius 1 is 1.42 bits per heavy atom. The first-order valence-electron chi connectivity index (χ1n) is 7.48. The number of aliphatic hydroxyl groups is 1. The van der Waals surface area contributed by atoms with Gasteiger partial charge in [-0.05, 0) is 37.5 Å². The summed E-state index contributed by atoms with van der Waals surface area (Å²) in [6, 6.07) is 0. The predicted molar refractivity (Wildman–Crippen MR) is 71.7 cm³/mol. The van der Waals surface area contributed by atoms with Crippen LogP contribution in [0.4, 0.5) is 0 Å². The molecule has 0 aromatic carbocycles. The lowest BCUT2D eigenvalue weighted by Crippen LogP contribution is -2.59. The zero-order valence-electron chi connectivity index (χ0n) is 12.1. The standard InChI is InChI=1S/C16H24O3/c1-14(9-17)12(18-3)4-5-16-7-10-6-11(13(14)16)19-15(10,2)8-16/h4-5,10-13,17H,6-9H2,1-3H3/t10-,11+,12-,13+,14-,15+,16+/m1/s1. The Morgan fingerprint density at radius 3 is 2.84 bits per heavy atom. The SMILES string of the molecule is CO[C@@H]1C=C[C@]23C[C@H]4C[C@H](O[C@@]4(C)C2)[C@H]3[C@]1(C)CO. The highest BCUT2D eigenvalue weighted by Crippen LogP contribution is 2.71. The molecule has 2 aliphatic heterocycles. The molecule has 3 aliphatic carbocycles. The number of aliphatic hydroxyl groups excluding tert-OH is 1. The van der Waals surface area contributed by atoms with Gasteiger partial charge in [0.2, 0.25) is 0 Å². The smallest absolute Gasteiger partial charge is 0.0831 e.